The zero-order valence-electron chi connectivity index (χ0n) is 16.9. The second-order valence-corrected chi connectivity index (χ2v) is 9.13. The van der Waals surface area contributed by atoms with Crippen LogP contribution in [0.15, 0.2) is 47.4 Å². The Balaban J connectivity index is 1.75. The number of rotatable bonds is 8. The maximum absolute atomic E-state index is 12.6. The van der Waals surface area contributed by atoms with Crippen LogP contribution in [0.4, 0.5) is 0 Å². The molecule has 0 amide bonds. The van der Waals surface area contributed by atoms with Crippen molar-refractivity contribution in [1.29, 1.82) is 0 Å². The van der Waals surface area contributed by atoms with E-state index in [1.807, 2.05) is 52.2 Å². The van der Waals surface area contributed by atoms with Gasteiger partial charge < -0.3 is 9.47 Å². The van der Waals surface area contributed by atoms with E-state index in [0.29, 0.717) is 17.9 Å². The van der Waals surface area contributed by atoms with Crippen LogP contribution in [-0.2, 0) is 23.0 Å². The number of sulfonamides is 1. The molecule has 0 aliphatic heterocycles. The lowest BCUT2D eigenvalue weighted by Gasteiger charge is -2.14. The molecule has 3 aromatic rings. The Morgan fingerprint density at radius 2 is 1.82 bits per heavy atom. The molecule has 3 rings (SSSR count). The maximum Gasteiger partial charge on any atom is 0.240 e. The summed E-state index contributed by atoms with van der Waals surface area (Å²) in [6, 6.07) is 13.2. The van der Waals surface area contributed by atoms with Gasteiger partial charge in [0, 0.05) is 26.1 Å². The van der Waals surface area contributed by atoms with E-state index in [2.05, 4.69) is 20.3 Å². The van der Waals surface area contributed by atoms with Crippen molar-refractivity contribution in [2.75, 3.05) is 27.2 Å². The third-order valence-electron chi connectivity index (χ3n) is 4.93. The number of nitrogens with one attached hydrogen (secondary N) is 1. The van der Waals surface area contributed by atoms with E-state index >= 15 is 0 Å². The first-order valence-corrected chi connectivity index (χ1v) is 10.9. The Morgan fingerprint density at radius 3 is 2.54 bits per heavy atom. The number of aromatic nitrogens is 2. The molecule has 150 valence electrons. The van der Waals surface area contributed by atoms with Crippen molar-refractivity contribution in [3.8, 4) is 0 Å². The van der Waals surface area contributed by atoms with Gasteiger partial charge in [-0.25, -0.2) is 18.1 Å². The molecular formula is C21H28N4O2S. The Bertz CT molecular complexity index is 1070. The molecule has 0 atom stereocenters. The summed E-state index contributed by atoms with van der Waals surface area (Å²) >= 11 is 0. The molecule has 0 unspecified atom stereocenters. The van der Waals surface area contributed by atoms with Crippen LogP contribution in [-0.4, -0.2) is 50.1 Å². The van der Waals surface area contributed by atoms with Crippen molar-refractivity contribution in [1.82, 2.24) is 19.2 Å². The molecule has 2 aromatic carbocycles. The first-order chi connectivity index (χ1) is 13.3. The first kappa shape index (κ1) is 20.5. The molecule has 28 heavy (non-hydrogen) atoms. The van der Waals surface area contributed by atoms with Crippen LogP contribution < -0.4 is 4.72 Å². The summed E-state index contributed by atoms with van der Waals surface area (Å²) in [4.78, 5) is 7.15. The summed E-state index contributed by atoms with van der Waals surface area (Å²) in [6.07, 6.45) is 0.534. The SMILES string of the molecule is Cc1ccc(S(=O)(=O)NCCc2nc3ccccc3n2CCN(C)C)cc1C. The number of imidazole rings is 1. The lowest BCUT2D eigenvalue weighted by atomic mass is 10.1. The molecular weight excluding hydrogens is 372 g/mol. The van der Waals surface area contributed by atoms with E-state index < -0.39 is 10.0 Å². The molecule has 0 fully saturated rings. The second-order valence-electron chi connectivity index (χ2n) is 7.37. The summed E-state index contributed by atoms with van der Waals surface area (Å²) < 4.78 is 30.1. The predicted molar refractivity (Wildman–Crippen MR) is 113 cm³/mol. The topological polar surface area (TPSA) is 67.2 Å². The molecule has 0 saturated carbocycles. The zero-order chi connectivity index (χ0) is 20.3. The Labute approximate surface area is 167 Å². The van der Waals surface area contributed by atoms with Crippen molar-refractivity contribution < 1.29 is 8.42 Å². The molecule has 7 heteroatoms. The number of fused-ring (bicyclic) bond motifs is 1. The maximum atomic E-state index is 12.6. The van der Waals surface area contributed by atoms with E-state index in [-0.39, 0.29) is 0 Å². The summed E-state index contributed by atoms with van der Waals surface area (Å²) in [5.74, 6) is 0.894. The zero-order valence-corrected chi connectivity index (χ0v) is 17.8. The van der Waals surface area contributed by atoms with Crippen molar-refractivity contribution >= 4 is 21.1 Å². The van der Waals surface area contributed by atoms with Crippen LogP contribution >= 0.6 is 0 Å². The summed E-state index contributed by atoms with van der Waals surface area (Å²) in [6.45, 7) is 5.90. The number of likely N-dealkylation sites (N-methyl/N-ethyl adjacent to an activating group) is 1. The first-order valence-electron chi connectivity index (χ1n) is 9.44. The number of hydrogen-bond acceptors (Lipinski definition) is 4. The van der Waals surface area contributed by atoms with Gasteiger partial charge in [0.25, 0.3) is 0 Å². The lowest BCUT2D eigenvalue weighted by Crippen LogP contribution is -2.27. The highest BCUT2D eigenvalue weighted by molar-refractivity contribution is 7.89. The number of aryl methyl sites for hydroxylation is 2. The molecule has 1 N–H and O–H groups in total. The molecule has 6 nitrogen and oxygen atoms in total. The number of nitrogens with zero attached hydrogens (tertiary/aromatic N) is 3. The standard InChI is InChI=1S/C21H28N4O2S/c1-16-9-10-18(15-17(16)2)28(26,27)22-12-11-21-23-19-7-5-6-8-20(19)25(21)14-13-24(3)4/h5-10,15,22H,11-14H2,1-4H3. The van der Waals surface area contributed by atoms with Gasteiger partial charge in [-0.3, -0.25) is 0 Å². The second kappa shape index (κ2) is 8.43. The van der Waals surface area contributed by atoms with Gasteiger partial charge in [0.1, 0.15) is 5.82 Å². The summed E-state index contributed by atoms with van der Waals surface area (Å²) in [5.41, 5.74) is 4.06. The van der Waals surface area contributed by atoms with E-state index in [9.17, 15) is 8.42 Å². The minimum absolute atomic E-state index is 0.303. The number of benzene rings is 2. The monoisotopic (exact) mass is 400 g/mol. The molecule has 1 heterocycles. The summed E-state index contributed by atoms with van der Waals surface area (Å²) in [5, 5.41) is 0. The van der Waals surface area contributed by atoms with Crippen molar-refractivity contribution in [3.05, 3.63) is 59.4 Å². The van der Waals surface area contributed by atoms with Gasteiger partial charge in [-0.2, -0.15) is 0 Å². The van der Waals surface area contributed by atoms with Crippen LogP contribution in [0.3, 0.4) is 0 Å². The van der Waals surface area contributed by atoms with Gasteiger partial charge in [0.05, 0.1) is 15.9 Å². The highest BCUT2D eigenvalue weighted by atomic mass is 32.2. The molecule has 0 bridgehead atoms. The van der Waals surface area contributed by atoms with Crippen molar-refractivity contribution in [2.24, 2.45) is 0 Å². The largest absolute Gasteiger partial charge is 0.327 e. The van der Waals surface area contributed by atoms with Gasteiger partial charge in [0.2, 0.25) is 10.0 Å². The fourth-order valence-corrected chi connectivity index (χ4v) is 4.24. The third kappa shape index (κ3) is 4.60. The highest BCUT2D eigenvalue weighted by Crippen LogP contribution is 2.17. The average Bonchev–Trinajstić information content (AvgIpc) is 2.99. The fraction of sp³-hybridized carbons (Fsp3) is 0.381. The fourth-order valence-electron chi connectivity index (χ4n) is 3.13. The smallest absolute Gasteiger partial charge is 0.240 e. The van der Waals surface area contributed by atoms with Gasteiger partial charge in [0.15, 0.2) is 0 Å². The predicted octanol–water partition coefficient (Wildman–Crippen LogP) is 2.74. The molecule has 0 radical (unpaired) electrons. The molecule has 0 spiro atoms. The van der Waals surface area contributed by atoms with Crippen LogP contribution in [0.5, 0.6) is 0 Å². The molecule has 0 aliphatic carbocycles. The highest BCUT2D eigenvalue weighted by Gasteiger charge is 2.16. The molecule has 0 saturated heterocycles. The number of hydrogen-bond donors (Lipinski definition) is 1. The Morgan fingerprint density at radius 1 is 1.07 bits per heavy atom. The van der Waals surface area contributed by atoms with Crippen molar-refractivity contribution in [3.63, 3.8) is 0 Å². The van der Waals surface area contributed by atoms with Crippen LogP contribution in [0, 0.1) is 13.8 Å². The van der Waals surface area contributed by atoms with Crippen LogP contribution in [0.1, 0.15) is 17.0 Å². The van der Waals surface area contributed by atoms with Gasteiger partial charge >= 0.3 is 0 Å². The van der Waals surface area contributed by atoms with Gasteiger partial charge in [-0.15, -0.1) is 0 Å². The normalized spacial score (nSPS) is 12.2. The van der Waals surface area contributed by atoms with Gasteiger partial charge in [-0.1, -0.05) is 18.2 Å². The quantitative estimate of drug-likeness (QED) is 0.631. The lowest BCUT2D eigenvalue weighted by molar-refractivity contribution is 0.383. The van der Waals surface area contributed by atoms with E-state index in [4.69, 9.17) is 4.98 Å². The average molecular weight is 401 g/mol. The molecule has 0 aliphatic rings. The number of para-hydroxylation sites is 2. The Hall–Kier alpha value is -2.22. The molecule has 1 aromatic heterocycles. The van der Waals surface area contributed by atoms with Crippen molar-refractivity contribution in [2.45, 2.75) is 31.7 Å². The summed E-state index contributed by atoms with van der Waals surface area (Å²) in [7, 11) is 0.543. The van der Waals surface area contributed by atoms with E-state index in [0.717, 1.165) is 41.1 Å². The van der Waals surface area contributed by atoms with E-state index in [1.165, 1.54) is 0 Å². The van der Waals surface area contributed by atoms with Crippen LogP contribution in [0.25, 0.3) is 11.0 Å². The third-order valence-corrected chi connectivity index (χ3v) is 6.39. The Kier molecular flexibility index (Phi) is 6.17. The van der Waals surface area contributed by atoms with E-state index in [1.54, 1.807) is 12.1 Å². The van der Waals surface area contributed by atoms with Crippen LogP contribution in [0.2, 0.25) is 0 Å². The minimum Gasteiger partial charge on any atom is -0.327 e. The van der Waals surface area contributed by atoms with Gasteiger partial charge in [-0.05, 0) is 63.3 Å². The minimum atomic E-state index is -3.53.